The Kier molecular flexibility index (Phi) is 10.4. The summed E-state index contributed by atoms with van der Waals surface area (Å²) in [6, 6.07) is 7.40. The summed E-state index contributed by atoms with van der Waals surface area (Å²) in [7, 11) is 0. The summed E-state index contributed by atoms with van der Waals surface area (Å²) < 4.78 is 10.7. The molecule has 3 heteroatoms. The zero-order valence-corrected chi connectivity index (χ0v) is 14.1. The van der Waals surface area contributed by atoms with E-state index in [0.717, 1.165) is 18.6 Å². The van der Waals surface area contributed by atoms with E-state index >= 15 is 0 Å². The number of benzene rings is 1. The molecule has 0 unspecified atom stereocenters. The van der Waals surface area contributed by atoms with E-state index in [1.54, 1.807) is 12.1 Å². The highest BCUT2D eigenvalue weighted by Gasteiger charge is 2.05. The number of hydrogen-bond donors (Lipinski definition) is 0. The number of hydrogen-bond acceptors (Lipinski definition) is 3. The maximum Gasteiger partial charge on any atom is 0.338 e. The minimum atomic E-state index is -0.278. The molecule has 0 aliphatic carbocycles. The van der Waals surface area contributed by atoms with Crippen LogP contribution in [0.5, 0.6) is 0 Å². The van der Waals surface area contributed by atoms with Gasteiger partial charge in [-0.3, -0.25) is 0 Å². The van der Waals surface area contributed by atoms with Crippen LogP contribution in [-0.2, 0) is 9.47 Å². The van der Waals surface area contributed by atoms with E-state index in [1.165, 1.54) is 38.5 Å². The smallest absolute Gasteiger partial charge is 0.338 e. The van der Waals surface area contributed by atoms with Crippen LogP contribution < -0.4 is 0 Å². The molecule has 0 aliphatic heterocycles. The molecule has 0 saturated heterocycles. The first-order chi connectivity index (χ1) is 10.7. The number of ether oxygens (including phenoxy) is 2. The molecule has 0 spiro atoms. The van der Waals surface area contributed by atoms with Crippen molar-refractivity contribution < 1.29 is 14.3 Å². The Bertz CT molecular complexity index is 398. The number of carbonyl (C=O) groups excluding carboxylic acids is 1. The van der Waals surface area contributed by atoms with Crippen molar-refractivity contribution in [1.29, 1.82) is 0 Å². The minimum absolute atomic E-state index is 0.278. The molecule has 0 bridgehead atoms. The highest BCUT2D eigenvalue weighted by Crippen LogP contribution is 2.07. The quantitative estimate of drug-likeness (QED) is 0.406. The molecule has 1 rings (SSSR count). The van der Waals surface area contributed by atoms with E-state index in [4.69, 9.17) is 9.47 Å². The molecule has 0 saturated carbocycles. The number of rotatable bonds is 12. The van der Waals surface area contributed by atoms with Crippen LogP contribution in [-0.4, -0.2) is 25.8 Å². The molecule has 1 aromatic carbocycles. The molecular formula is C19H30O3. The van der Waals surface area contributed by atoms with Gasteiger partial charge in [-0.2, -0.15) is 0 Å². The monoisotopic (exact) mass is 306 g/mol. The van der Waals surface area contributed by atoms with Crippen molar-refractivity contribution in [3.8, 4) is 0 Å². The average molecular weight is 306 g/mol. The number of unbranched alkanes of at least 4 members (excludes halogenated alkanes) is 6. The summed E-state index contributed by atoms with van der Waals surface area (Å²) in [5.41, 5.74) is 1.73. The van der Waals surface area contributed by atoms with Gasteiger partial charge in [0.25, 0.3) is 0 Å². The van der Waals surface area contributed by atoms with Crippen molar-refractivity contribution in [2.24, 2.45) is 0 Å². The van der Waals surface area contributed by atoms with E-state index < -0.39 is 0 Å². The van der Waals surface area contributed by atoms with Gasteiger partial charge < -0.3 is 9.47 Å². The minimum Gasteiger partial charge on any atom is -0.460 e. The molecule has 0 fully saturated rings. The first-order valence-electron chi connectivity index (χ1n) is 8.55. The van der Waals surface area contributed by atoms with Crippen molar-refractivity contribution in [3.05, 3.63) is 35.4 Å². The lowest BCUT2D eigenvalue weighted by molar-refractivity contribution is 0.0312. The maximum atomic E-state index is 11.7. The second kappa shape index (κ2) is 12.2. The summed E-state index contributed by atoms with van der Waals surface area (Å²) in [4.78, 5) is 11.7. The number of aryl methyl sites for hydroxylation is 1. The first-order valence-corrected chi connectivity index (χ1v) is 8.55. The standard InChI is InChI=1S/C19H30O3/c1-3-4-5-6-7-8-9-14-21-15-16-22-19(20)18-12-10-17(2)11-13-18/h10-13H,3-9,14-16H2,1-2H3. The van der Waals surface area contributed by atoms with Gasteiger partial charge in [-0.15, -0.1) is 0 Å². The van der Waals surface area contributed by atoms with E-state index in [-0.39, 0.29) is 5.97 Å². The third-order valence-corrected chi connectivity index (χ3v) is 3.64. The van der Waals surface area contributed by atoms with Crippen LogP contribution >= 0.6 is 0 Å². The summed E-state index contributed by atoms with van der Waals surface area (Å²) in [6.07, 6.45) is 8.96. The molecule has 0 heterocycles. The maximum absolute atomic E-state index is 11.7. The molecule has 0 N–H and O–H groups in total. The van der Waals surface area contributed by atoms with Gasteiger partial charge >= 0.3 is 5.97 Å². The van der Waals surface area contributed by atoms with Crippen LogP contribution in [0.15, 0.2) is 24.3 Å². The van der Waals surface area contributed by atoms with Crippen molar-refractivity contribution in [1.82, 2.24) is 0 Å². The van der Waals surface area contributed by atoms with E-state index in [9.17, 15) is 4.79 Å². The lowest BCUT2D eigenvalue weighted by Gasteiger charge is -2.06. The fourth-order valence-corrected chi connectivity index (χ4v) is 2.23. The number of esters is 1. The molecule has 22 heavy (non-hydrogen) atoms. The van der Waals surface area contributed by atoms with E-state index in [1.807, 2.05) is 19.1 Å². The van der Waals surface area contributed by atoms with Crippen molar-refractivity contribution in [3.63, 3.8) is 0 Å². The van der Waals surface area contributed by atoms with Crippen LogP contribution in [0.25, 0.3) is 0 Å². The van der Waals surface area contributed by atoms with Crippen LogP contribution in [0.3, 0.4) is 0 Å². The van der Waals surface area contributed by atoms with Crippen molar-refractivity contribution >= 4 is 5.97 Å². The largest absolute Gasteiger partial charge is 0.460 e. The Balaban J connectivity index is 1.93. The lowest BCUT2D eigenvalue weighted by Crippen LogP contribution is -2.11. The predicted octanol–water partition coefficient (Wildman–Crippen LogP) is 4.92. The zero-order chi connectivity index (χ0) is 16.0. The van der Waals surface area contributed by atoms with Crippen LogP contribution in [0.1, 0.15) is 67.8 Å². The van der Waals surface area contributed by atoms with Gasteiger partial charge in [0.1, 0.15) is 6.61 Å². The Morgan fingerprint density at radius 1 is 0.864 bits per heavy atom. The first kappa shape index (κ1) is 18.7. The highest BCUT2D eigenvalue weighted by molar-refractivity contribution is 5.89. The third-order valence-electron chi connectivity index (χ3n) is 3.64. The van der Waals surface area contributed by atoms with Crippen molar-refractivity contribution in [2.75, 3.05) is 19.8 Å². The summed E-state index contributed by atoms with van der Waals surface area (Å²) in [5.74, 6) is -0.278. The molecule has 0 radical (unpaired) electrons. The fourth-order valence-electron chi connectivity index (χ4n) is 2.23. The molecule has 0 aromatic heterocycles. The van der Waals surface area contributed by atoms with Gasteiger partial charge in [0.05, 0.1) is 12.2 Å². The summed E-state index contributed by atoms with van der Waals surface area (Å²) in [6.45, 7) is 5.79. The normalized spacial score (nSPS) is 10.6. The Hall–Kier alpha value is -1.35. The Morgan fingerprint density at radius 3 is 2.18 bits per heavy atom. The third kappa shape index (κ3) is 8.83. The Morgan fingerprint density at radius 2 is 1.50 bits per heavy atom. The molecule has 0 atom stereocenters. The van der Waals surface area contributed by atoms with Crippen molar-refractivity contribution in [2.45, 2.75) is 58.8 Å². The average Bonchev–Trinajstić information content (AvgIpc) is 2.53. The van der Waals surface area contributed by atoms with Gasteiger partial charge in [-0.25, -0.2) is 4.79 Å². The van der Waals surface area contributed by atoms with Crippen LogP contribution in [0.2, 0.25) is 0 Å². The summed E-state index contributed by atoms with van der Waals surface area (Å²) in [5, 5.41) is 0. The van der Waals surface area contributed by atoms with Gasteiger partial charge in [-0.05, 0) is 25.5 Å². The van der Waals surface area contributed by atoms with E-state index in [2.05, 4.69) is 6.92 Å². The van der Waals surface area contributed by atoms with Gasteiger partial charge in [0.2, 0.25) is 0 Å². The molecule has 0 amide bonds. The summed E-state index contributed by atoms with van der Waals surface area (Å²) >= 11 is 0. The van der Waals surface area contributed by atoms with Crippen LogP contribution in [0, 0.1) is 6.92 Å². The molecule has 0 aliphatic rings. The molecular weight excluding hydrogens is 276 g/mol. The van der Waals surface area contributed by atoms with Gasteiger partial charge in [-0.1, -0.05) is 63.1 Å². The molecule has 3 nitrogen and oxygen atoms in total. The highest BCUT2D eigenvalue weighted by atomic mass is 16.6. The van der Waals surface area contributed by atoms with Gasteiger partial charge in [0, 0.05) is 6.61 Å². The number of carbonyl (C=O) groups is 1. The van der Waals surface area contributed by atoms with Crippen LogP contribution in [0.4, 0.5) is 0 Å². The second-order valence-electron chi connectivity index (χ2n) is 5.74. The molecule has 1 aromatic rings. The van der Waals surface area contributed by atoms with E-state index in [0.29, 0.717) is 18.8 Å². The predicted molar refractivity (Wildman–Crippen MR) is 90.3 cm³/mol. The topological polar surface area (TPSA) is 35.5 Å². The second-order valence-corrected chi connectivity index (χ2v) is 5.74. The van der Waals surface area contributed by atoms with Gasteiger partial charge in [0.15, 0.2) is 0 Å². The molecule has 124 valence electrons. The fraction of sp³-hybridized carbons (Fsp3) is 0.632. The SMILES string of the molecule is CCCCCCCCCOCCOC(=O)c1ccc(C)cc1. The Labute approximate surface area is 135 Å². The lowest BCUT2D eigenvalue weighted by atomic mass is 10.1. The zero-order valence-electron chi connectivity index (χ0n) is 14.1.